The van der Waals surface area contributed by atoms with Crippen molar-refractivity contribution in [2.75, 3.05) is 0 Å². The van der Waals surface area contributed by atoms with Crippen LogP contribution >= 0.6 is 0 Å². The minimum atomic E-state index is 0.122. The summed E-state index contributed by atoms with van der Waals surface area (Å²) < 4.78 is 5.83. The predicted octanol–water partition coefficient (Wildman–Crippen LogP) is 2.99. The van der Waals surface area contributed by atoms with Crippen molar-refractivity contribution in [3.05, 3.63) is 23.2 Å². The Labute approximate surface area is 86.5 Å². The van der Waals surface area contributed by atoms with Crippen LogP contribution in [0.15, 0.2) is 10.5 Å². The standard InChI is InChI=1S/C12H21NO/c1-5-10-9(8-13)7-11(14-10)12(3,4)6-2/h7H,5-6,8,13H2,1-4H3. The number of hydrogen-bond acceptors (Lipinski definition) is 2. The van der Waals surface area contributed by atoms with Gasteiger partial charge in [-0.15, -0.1) is 0 Å². The Morgan fingerprint density at radius 3 is 2.36 bits per heavy atom. The van der Waals surface area contributed by atoms with Gasteiger partial charge in [-0.2, -0.15) is 0 Å². The second kappa shape index (κ2) is 4.18. The Hall–Kier alpha value is -0.760. The molecule has 1 rings (SSSR count). The molecular formula is C12H21NO. The van der Waals surface area contributed by atoms with Gasteiger partial charge in [0.25, 0.3) is 0 Å². The average molecular weight is 195 g/mol. The summed E-state index contributed by atoms with van der Waals surface area (Å²) in [4.78, 5) is 0. The van der Waals surface area contributed by atoms with E-state index in [1.54, 1.807) is 0 Å². The van der Waals surface area contributed by atoms with Gasteiger partial charge in [0.05, 0.1) is 0 Å². The van der Waals surface area contributed by atoms with Gasteiger partial charge in [0.2, 0.25) is 0 Å². The van der Waals surface area contributed by atoms with Gasteiger partial charge in [0.15, 0.2) is 0 Å². The fourth-order valence-corrected chi connectivity index (χ4v) is 1.45. The lowest BCUT2D eigenvalue weighted by Crippen LogP contribution is -2.14. The second-order valence-corrected chi connectivity index (χ2v) is 4.35. The zero-order valence-corrected chi connectivity index (χ0v) is 9.68. The third kappa shape index (κ3) is 2.01. The van der Waals surface area contributed by atoms with E-state index in [1.807, 2.05) is 0 Å². The molecule has 2 N–H and O–H groups in total. The van der Waals surface area contributed by atoms with Gasteiger partial charge >= 0.3 is 0 Å². The molecule has 0 saturated heterocycles. The predicted molar refractivity (Wildman–Crippen MR) is 59.3 cm³/mol. The summed E-state index contributed by atoms with van der Waals surface area (Å²) in [6.07, 6.45) is 2.00. The number of aryl methyl sites for hydroxylation is 1. The average Bonchev–Trinajstić information content (AvgIpc) is 2.61. The smallest absolute Gasteiger partial charge is 0.110 e. The normalized spacial score (nSPS) is 12.1. The fraction of sp³-hybridized carbons (Fsp3) is 0.667. The number of hydrogen-bond donors (Lipinski definition) is 1. The lowest BCUT2D eigenvalue weighted by Gasteiger charge is -2.19. The van der Waals surface area contributed by atoms with Crippen LogP contribution in [0.5, 0.6) is 0 Å². The number of rotatable bonds is 4. The van der Waals surface area contributed by atoms with E-state index < -0.39 is 0 Å². The zero-order chi connectivity index (χ0) is 10.8. The van der Waals surface area contributed by atoms with Gasteiger partial charge in [0.1, 0.15) is 11.5 Å². The van der Waals surface area contributed by atoms with Crippen molar-refractivity contribution in [3.8, 4) is 0 Å². The van der Waals surface area contributed by atoms with Crippen molar-refractivity contribution >= 4 is 0 Å². The maximum absolute atomic E-state index is 5.83. The summed E-state index contributed by atoms with van der Waals surface area (Å²) in [5.41, 5.74) is 6.94. The zero-order valence-electron chi connectivity index (χ0n) is 9.68. The first-order valence-electron chi connectivity index (χ1n) is 5.37. The number of nitrogens with two attached hydrogens (primary N) is 1. The molecule has 0 radical (unpaired) electrons. The summed E-state index contributed by atoms with van der Waals surface area (Å²) in [5, 5.41) is 0. The van der Waals surface area contributed by atoms with Crippen LogP contribution in [-0.2, 0) is 18.4 Å². The summed E-state index contributed by atoms with van der Waals surface area (Å²) >= 11 is 0. The Morgan fingerprint density at radius 2 is 2.00 bits per heavy atom. The molecule has 0 spiro atoms. The third-order valence-corrected chi connectivity index (χ3v) is 2.99. The monoisotopic (exact) mass is 195 g/mol. The van der Waals surface area contributed by atoms with Crippen LogP contribution in [0.1, 0.15) is 51.2 Å². The van der Waals surface area contributed by atoms with Gasteiger partial charge in [-0.1, -0.05) is 27.7 Å². The molecule has 14 heavy (non-hydrogen) atoms. The molecule has 0 bridgehead atoms. The third-order valence-electron chi connectivity index (χ3n) is 2.99. The molecule has 0 saturated carbocycles. The quantitative estimate of drug-likeness (QED) is 0.802. The first-order chi connectivity index (χ1) is 6.55. The van der Waals surface area contributed by atoms with Crippen molar-refractivity contribution in [1.82, 2.24) is 0 Å². The van der Waals surface area contributed by atoms with E-state index in [9.17, 15) is 0 Å². The fourth-order valence-electron chi connectivity index (χ4n) is 1.45. The molecule has 1 aromatic rings. The lowest BCUT2D eigenvalue weighted by atomic mass is 9.87. The second-order valence-electron chi connectivity index (χ2n) is 4.35. The molecule has 0 aromatic carbocycles. The molecule has 2 heteroatoms. The summed E-state index contributed by atoms with van der Waals surface area (Å²) in [7, 11) is 0. The van der Waals surface area contributed by atoms with Crippen molar-refractivity contribution in [2.24, 2.45) is 5.73 Å². The molecule has 0 aliphatic heterocycles. The van der Waals surface area contributed by atoms with Crippen LogP contribution in [0.25, 0.3) is 0 Å². The SMILES string of the molecule is CCc1oc(C(C)(C)CC)cc1CN. The summed E-state index contributed by atoms with van der Waals surface area (Å²) in [5.74, 6) is 2.11. The van der Waals surface area contributed by atoms with Crippen LogP contribution in [0.2, 0.25) is 0 Å². The molecular weight excluding hydrogens is 174 g/mol. The highest BCUT2D eigenvalue weighted by atomic mass is 16.3. The van der Waals surface area contributed by atoms with Crippen LogP contribution in [-0.4, -0.2) is 0 Å². The molecule has 1 heterocycles. The maximum Gasteiger partial charge on any atom is 0.110 e. The van der Waals surface area contributed by atoms with Crippen LogP contribution in [0.3, 0.4) is 0 Å². The molecule has 0 atom stereocenters. The Bertz CT molecular complexity index is 278. The molecule has 0 aliphatic rings. The highest BCUT2D eigenvalue weighted by Crippen LogP contribution is 2.30. The molecule has 0 aliphatic carbocycles. The molecule has 1 aromatic heterocycles. The highest BCUT2D eigenvalue weighted by molar-refractivity contribution is 5.25. The van der Waals surface area contributed by atoms with Gasteiger partial charge < -0.3 is 10.2 Å². The van der Waals surface area contributed by atoms with E-state index in [4.69, 9.17) is 10.2 Å². The highest BCUT2D eigenvalue weighted by Gasteiger charge is 2.23. The van der Waals surface area contributed by atoms with E-state index >= 15 is 0 Å². The number of furan rings is 1. The van der Waals surface area contributed by atoms with E-state index in [0.717, 1.165) is 29.9 Å². The largest absolute Gasteiger partial charge is 0.465 e. The van der Waals surface area contributed by atoms with Crippen molar-refractivity contribution < 1.29 is 4.42 Å². The summed E-state index contributed by atoms with van der Waals surface area (Å²) in [6, 6.07) is 2.11. The first-order valence-corrected chi connectivity index (χ1v) is 5.37. The Balaban J connectivity index is 3.06. The minimum Gasteiger partial charge on any atom is -0.465 e. The van der Waals surface area contributed by atoms with E-state index in [0.29, 0.717) is 6.54 Å². The van der Waals surface area contributed by atoms with E-state index in [1.165, 1.54) is 0 Å². The van der Waals surface area contributed by atoms with Gasteiger partial charge in [0, 0.05) is 23.9 Å². The van der Waals surface area contributed by atoms with Crippen LogP contribution in [0, 0.1) is 0 Å². The lowest BCUT2D eigenvalue weighted by molar-refractivity contribution is 0.359. The van der Waals surface area contributed by atoms with Crippen molar-refractivity contribution in [3.63, 3.8) is 0 Å². The summed E-state index contributed by atoms with van der Waals surface area (Å²) in [6.45, 7) is 9.25. The molecule has 0 amide bonds. The van der Waals surface area contributed by atoms with Gasteiger partial charge in [-0.3, -0.25) is 0 Å². The maximum atomic E-state index is 5.83. The van der Waals surface area contributed by atoms with E-state index in [2.05, 4.69) is 33.8 Å². The first kappa shape index (κ1) is 11.3. The molecule has 0 fully saturated rings. The van der Waals surface area contributed by atoms with E-state index in [-0.39, 0.29) is 5.41 Å². The molecule has 2 nitrogen and oxygen atoms in total. The Morgan fingerprint density at radius 1 is 1.36 bits per heavy atom. The topological polar surface area (TPSA) is 39.2 Å². The minimum absolute atomic E-state index is 0.122. The van der Waals surface area contributed by atoms with Crippen LogP contribution in [0.4, 0.5) is 0 Å². The van der Waals surface area contributed by atoms with Crippen molar-refractivity contribution in [2.45, 2.75) is 52.5 Å². The van der Waals surface area contributed by atoms with Crippen LogP contribution < -0.4 is 5.73 Å². The van der Waals surface area contributed by atoms with Gasteiger partial charge in [-0.25, -0.2) is 0 Å². The molecule has 0 unspecified atom stereocenters. The Kier molecular flexibility index (Phi) is 3.38. The van der Waals surface area contributed by atoms with Gasteiger partial charge in [-0.05, 0) is 12.5 Å². The molecule has 80 valence electrons. The van der Waals surface area contributed by atoms with Crippen molar-refractivity contribution in [1.29, 1.82) is 0 Å².